The SMILES string of the molecule is C#CCC1CCCC(O[Si](C)(C)C(C)(C)C)=C1C. The summed E-state index contributed by atoms with van der Waals surface area (Å²) in [6.07, 6.45) is 9.85. The van der Waals surface area contributed by atoms with Gasteiger partial charge in [0.15, 0.2) is 0 Å². The van der Waals surface area contributed by atoms with Gasteiger partial charge in [0.1, 0.15) is 0 Å². The van der Waals surface area contributed by atoms with Gasteiger partial charge in [-0.3, -0.25) is 0 Å². The van der Waals surface area contributed by atoms with Crippen LogP contribution in [0.3, 0.4) is 0 Å². The standard InChI is InChI=1S/C16H28OSi/c1-8-10-14-11-9-12-15(13(14)2)17-18(6,7)16(3,4)5/h1,14H,9-12H2,2-7H3. The van der Waals surface area contributed by atoms with Crippen LogP contribution in [-0.2, 0) is 4.43 Å². The molecule has 1 atom stereocenters. The molecular weight excluding hydrogens is 236 g/mol. The van der Waals surface area contributed by atoms with E-state index in [1.54, 1.807) is 0 Å². The normalized spacial score (nSPS) is 21.7. The Labute approximate surface area is 114 Å². The number of terminal acetylenes is 1. The molecule has 1 aliphatic rings. The summed E-state index contributed by atoms with van der Waals surface area (Å²) >= 11 is 0. The zero-order chi connectivity index (χ0) is 14.0. The molecule has 0 bridgehead atoms. The van der Waals surface area contributed by atoms with Crippen molar-refractivity contribution in [3.05, 3.63) is 11.3 Å². The molecule has 2 heteroatoms. The molecule has 0 radical (unpaired) electrons. The molecule has 0 amide bonds. The number of allylic oxidation sites excluding steroid dienone is 2. The van der Waals surface area contributed by atoms with Crippen LogP contribution >= 0.6 is 0 Å². The topological polar surface area (TPSA) is 9.23 Å². The van der Waals surface area contributed by atoms with E-state index in [0.717, 1.165) is 12.8 Å². The fourth-order valence-corrected chi connectivity index (χ4v) is 3.33. The lowest BCUT2D eigenvalue weighted by Gasteiger charge is -2.39. The van der Waals surface area contributed by atoms with Crippen LogP contribution < -0.4 is 0 Å². The Balaban J connectivity index is 2.89. The fourth-order valence-electron chi connectivity index (χ4n) is 2.14. The highest BCUT2D eigenvalue weighted by Crippen LogP contribution is 2.41. The lowest BCUT2D eigenvalue weighted by Crippen LogP contribution is -2.41. The van der Waals surface area contributed by atoms with E-state index in [9.17, 15) is 0 Å². The summed E-state index contributed by atoms with van der Waals surface area (Å²) in [5.41, 5.74) is 1.41. The van der Waals surface area contributed by atoms with Gasteiger partial charge < -0.3 is 4.43 Å². The molecule has 0 aromatic carbocycles. The first-order valence-corrected chi connectivity index (χ1v) is 9.92. The van der Waals surface area contributed by atoms with Crippen molar-refractivity contribution >= 4 is 8.32 Å². The zero-order valence-electron chi connectivity index (χ0n) is 12.9. The molecule has 1 rings (SSSR count). The van der Waals surface area contributed by atoms with Crippen molar-refractivity contribution in [3.8, 4) is 12.3 Å². The molecule has 0 fully saturated rings. The smallest absolute Gasteiger partial charge is 0.250 e. The van der Waals surface area contributed by atoms with Crippen LogP contribution in [0.1, 0.15) is 53.4 Å². The van der Waals surface area contributed by atoms with Crippen LogP contribution in [-0.4, -0.2) is 8.32 Å². The Hall–Kier alpha value is -0.683. The lowest BCUT2D eigenvalue weighted by atomic mass is 9.85. The third-order valence-electron chi connectivity index (χ3n) is 4.56. The third-order valence-corrected chi connectivity index (χ3v) is 8.93. The molecule has 1 aliphatic carbocycles. The summed E-state index contributed by atoms with van der Waals surface area (Å²) in [7, 11) is -1.70. The van der Waals surface area contributed by atoms with Crippen molar-refractivity contribution in [1.29, 1.82) is 0 Å². The van der Waals surface area contributed by atoms with Gasteiger partial charge in [0.05, 0.1) is 5.76 Å². The second-order valence-corrected chi connectivity index (χ2v) is 11.7. The Morgan fingerprint density at radius 1 is 1.39 bits per heavy atom. The molecule has 0 aromatic heterocycles. The van der Waals surface area contributed by atoms with Gasteiger partial charge in [-0.15, -0.1) is 12.3 Å². The van der Waals surface area contributed by atoms with Gasteiger partial charge in [0, 0.05) is 12.8 Å². The molecule has 1 unspecified atom stereocenters. The number of rotatable bonds is 3. The van der Waals surface area contributed by atoms with E-state index in [2.05, 4.69) is 46.7 Å². The van der Waals surface area contributed by atoms with Gasteiger partial charge in [0.25, 0.3) is 0 Å². The predicted octanol–water partition coefficient (Wildman–Crippen LogP) is 5.11. The number of hydrogen-bond acceptors (Lipinski definition) is 1. The van der Waals surface area contributed by atoms with Crippen LogP contribution in [0.15, 0.2) is 11.3 Å². The molecule has 0 heterocycles. The largest absolute Gasteiger partial charge is 0.547 e. The van der Waals surface area contributed by atoms with Gasteiger partial charge in [-0.05, 0) is 49.4 Å². The zero-order valence-corrected chi connectivity index (χ0v) is 13.9. The highest BCUT2D eigenvalue weighted by atomic mass is 28.4. The molecule has 1 nitrogen and oxygen atoms in total. The van der Waals surface area contributed by atoms with Gasteiger partial charge >= 0.3 is 0 Å². The molecule has 0 saturated carbocycles. The Morgan fingerprint density at radius 3 is 2.50 bits per heavy atom. The van der Waals surface area contributed by atoms with E-state index in [-0.39, 0.29) is 5.04 Å². The first-order valence-electron chi connectivity index (χ1n) is 7.01. The quantitative estimate of drug-likeness (QED) is 0.508. The van der Waals surface area contributed by atoms with Gasteiger partial charge in [-0.25, -0.2) is 0 Å². The Kier molecular flexibility index (Phi) is 4.72. The van der Waals surface area contributed by atoms with Crippen molar-refractivity contribution in [2.45, 2.75) is 71.5 Å². The molecule has 102 valence electrons. The van der Waals surface area contributed by atoms with E-state index in [1.165, 1.54) is 24.2 Å². The first-order chi connectivity index (χ1) is 8.19. The molecule has 18 heavy (non-hydrogen) atoms. The van der Waals surface area contributed by atoms with E-state index >= 15 is 0 Å². The van der Waals surface area contributed by atoms with Gasteiger partial charge in [0.2, 0.25) is 8.32 Å². The van der Waals surface area contributed by atoms with Crippen molar-refractivity contribution in [2.24, 2.45) is 5.92 Å². The minimum Gasteiger partial charge on any atom is -0.547 e. The Morgan fingerprint density at radius 2 is 2.00 bits per heavy atom. The third kappa shape index (κ3) is 3.42. The highest BCUT2D eigenvalue weighted by Gasteiger charge is 2.40. The van der Waals surface area contributed by atoms with Crippen LogP contribution in [0.4, 0.5) is 0 Å². The predicted molar refractivity (Wildman–Crippen MR) is 81.8 cm³/mol. The average molecular weight is 264 g/mol. The molecule has 0 aliphatic heterocycles. The number of hydrogen-bond donors (Lipinski definition) is 0. The molecule has 0 saturated heterocycles. The van der Waals surface area contributed by atoms with Crippen molar-refractivity contribution in [2.75, 3.05) is 0 Å². The van der Waals surface area contributed by atoms with Crippen LogP contribution in [0.25, 0.3) is 0 Å². The summed E-state index contributed by atoms with van der Waals surface area (Å²) in [5.74, 6) is 4.59. The molecule has 0 N–H and O–H groups in total. The van der Waals surface area contributed by atoms with Crippen LogP contribution in [0, 0.1) is 18.3 Å². The summed E-state index contributed by atoms with van der Waals surface area (Å²) in [6.45, 7) is 13.7. The monoisotopic (exact) mass is 264 g/mol. The second kappa shape index (κ2) is 5.53. The van der Waals surface area contributed by atoms with Crippen molar-refractivity contribution < 1.29 is 4.43 Å². The van der Waals surface area contributed by atoms with Crippen LogP contribution in [0.5, 0.6) is 0 Å². The second-order valence-electron chi connectivity index (χ2n) is 6.97. The molecular formula is C16H28OSi. The Bertz CT molecular complexity index is 366. The van der Waals surface area contributed by atoms with Crippen LogP contribution in [0.2, 0.25) is 18.1 Å². The molecule has 0 spiro atoms. The summed E-state index contributed by atoms with van der Waals surface area (Å²) in [5, 5.41) is 0.263. The maximum atomic E-state index is 6.48. The summed E-state index contributed by atoms with van der Waals surface area (Å²) in [4.78, 5) is 0. The minimum atomic E-state index is -1.70. The minimum absolute atomic E-state index is 0.263. The maximum absolute atomic E-state index is 6.48. The fraction of sp³-hybridized carbons (Fsp3) is 0.750. The summed E-state index contributed by atoms with van der Waals surface area (Å²) in [6, 6.07) is 0. The van der Waals surface area contributed by atoms with Gasteiger partial charge in [-0.2, -0.15) is 0 Å². The van der Waals surface area contributed by atoms with Crippen molar-refractivity contribution in [3.63, 3.8) is 0 Å². The first kappa shape index (κ1) is 15.4. The summed E-state index contributed by atoms with van der Waals surface area (Å²) < 4.78 is 6.48. The van der Waals surface area contributed by atoms with Crippen molar-refractivity contribution in [1.82, 2.24) is 0 Å². The molecule has 0 aromatic rings. The maximum Gasteiger partial charge on any atom is 0.250 e. The average Bonchev–Trinajstić information content (AvgIpc) is 2.22. The van der Waals surface area contributed by atoms with Gasteiger partial charge in [-0.1, -0.05) is 20.8 Å². The highest BCUT2D eigenvalue weighted by molar-refractivity contribution is 6.74. The van der Waals surface area contributed by atoms with E-state index in [4.69, 9.17) is 10.8 Å². The van der Waals surface area contributed by atoms with E-state index in [1.807, 2.05) is 0 Å². The lowest BCUT2D eigenvalue weighted by molar-refractivity contribution is 0.324. The van der Waals surface area contributed by atoms with E-state index in [0.29, 0.717) is 5.92 Å². The van der Waals surface area contributed by atoms with E-state index < -0.39 is 8.32 Å².